The highest BCUT2D eigenvalue weighted by Gasteiger charge is 2.28. The number of nitrogen functional groups attached to an aromatic ring is 1. The topological polar surface area (TPSA) is 87.5 Å². The zero-order valence-electron chi connectivity index (χ0n) is 17.5. The average molecular weight is 412 g/mol. The van der Waals surface area contributed by atoms with Crippen LogP contribution < -0.4 is 21.3 Å². The van der Waals surface area contributed by atoms with Gasteiger partial charge in [0.1, 0.15) is 0 Å². The Morgan fingerprint density at radius 2 is 1.74 bits per heavy atom. The fraction of sp³-hybridized carbons (Fsp3) is 0.120. The summed E-state index contributed by atoms with van der Waals surface area (Å²) >= 11 is 0. The number of fused-ring (bicyclic) bond motifs is 1. The maximum atomic E-state index is 12.9. The summed E-state index contributed by atoms with van der Waals surface area (Å²) in [5, 5.41) is 6.33. The molecule has 1 aliphatic heterocycles. The van der Waals surface area contributed by atoms with Crippen LogP contribution >= 0.6 is 0 Å². The van der Waals surface area contributed by atoms with Gasteiger partial charge in [-0.3, -0.25) is 9.59 Å². The van der Waals surface area contributed by atoms with Crippen molar-refractivity contribution in [1.82, 2.24) is 0 Å². The summed E-state index contributed by atoms with van der Waals surface area (Å²) in [6.45, 7) is 1.84. The smallest absolute Gasteiger partial charge is 0.258 e. The third-order valence-corrected chi connectivity index (χ3v) is 5.30. The summed E-state index contributed by atoms with van der Waals surface area (Å²) in [5.74, 6) is -0.138. The average Bonchev–Trinajstić information content (AvgIpc) is 3.12. The van der Waals surface area contributed by atoms with Crippen molar-refractivity contribution in [1.29, 1.82) is 0 Å². The number of rotatable bonds is 5. The summed E-state index contributed by atoms with van der Waals surface area (Å²) in [5.41, 5.74) is 11.8. The van der Waals surface area contributed by atoms with Crippen LogP contribution in [0.1, 0.15) is 24.5 Å². The molecule has 0 bridgehead atoms. The minimum Gasteiger partial charge on any atom is -0.399 e. The molecule has 0 atom stereocenters. The molecule has 1 aliphatic rings. The minimum absolute atomic E-state index is 0.0459. The zero-order valence-corrected chi connectivity index (χ0v) is 17.5. The Kier molecular flexibility index (Phi) is 5.45. The molecular weight excluding hydrogens is 388 g/mol. The lowest BCUT2D eigenvalue weighted by Gasteiger charge is -2.18. The fourth-order valence-electron chi connectivity index (χ4n) is 3.61. The van der Waals surface area contributed by atoms with Crippen LogP contribution in [0.5, 0.6) is 0 Å². The van der Waals surface area contributed by atoms with E-state index in [1.54, 1.807) is 18.0 Å². The van der Waals surface area contributed by atoms with Gasteiger partial charge in [-0.2, -0.15) is 0 Å². The Balaban J connectivity index is 1.77. The molecule has 0 saturated carbocycles. The number of benzene rings is 3. The van der Waals surface area contributed by atoms with E-state index in [2.05, 4.69) is 10.6 Å². The molecule has 6 nitrogen and oxygen atoms in total. The molecule has 3 aromatic carbocycles. The second-order valence-corrected chi connectivity index (χ2v) is 7.35. The predicted molar refractivity (Wildman–Crippen MR) is 127 cm³/mol. The lowest BCUT2D eigenvalue weighted by Crippen LogP contribution is -2.24. The summed E-state index contributed by atoms with van der Waals surface area (Å²) in [6, 6.07) is 22.6. The lowest BCUT2D eigenvalue weighted by atomic mass is 9.99. The molecule has 1 heterocycles. The number of carbonyl (C=O) groups is 2. The van der Waals surface area contributed by atoms with Gasteiger partial charge in [0.15, 0.2) is 0 Å². The van der Waals surface area contributed by atoms with Gasteiger partial charge in [0.25, 0.3) is 5.91 Å². The Morgan fingerprint density at radius 3 is 2.42 bits per heavy atom. The van der Waals surface area contributed by atoms with Gasteiger partial charge in [0, 0.05) is 41.8 Å². The molecule has 0 spiro atoms. The quantitative estimate of drug-likeness (QED) is 0.423. The highest BCUT2D eigenvalue weighted by Crippen LogP contribution is 2.38. The molecule has 156 valence electrons. The van der Waals surface area contributed by atoms with Gasteiger partial charge in [-0.25, -0.2) is 0 Å². The van der Waals surface area contributed by atoms with Gasteiger partial charge < -0.3 is 21.3 Å². The van der Waals surface area contributed by atoms with E-state index in [0.717, 1.165) is 28.2 Å². The minimum atomic E-state index is -0.183. The molecule has 0 saturated heterocycles. The number of anilines is 4. The molecule has 0 fully saturated rings. The van der Waals surface area contributed by atoms with Crippen LogP contribution in [-0.4, -0.2) is 18.9 Å². The van der Waals surface area contributed by atoms with E-state index in [0.29, 0.717) is 23.4 Å². The van der Waals surface area contributed by atoms with Crippen LogP contribution in [0.4, 0.5) is 22.7 Å². The Bertz CT molecular complexity index is 1170. The van der Waals surface area contributed by atoms with Gasteiger partial charge >= 0.3 is 0 Å². The summed E-state index contributed by atoms with van der Waals surface area (Å²) in [7, 11) is 1.76. The fourth-order valence-corrected chi connectivity index (χ4v) is 3.61. The number of hydrogen-bond acceptors (Lipinski definition) is 4. The number of nitrogens with zero attached hydrogens (tertiary/aromatic N) is 1. The van der Waals surface area contributed by atoms with Crippen LogP contribution in [0.25, 0.3) is 11.3 Å². The molecule has 6 heteroatoms. The number of hydrogen-bond donors (Lipinski definition) is 3. The highest BCUT2D eigenvalue weighted by atomic mass is 16.2. The number of nitrogens with one attached hydrogen (secondary N) is 2. The Hall–Kier alpha value is -4.06. The molecular formula is C25H24N4O2. The molecule has 2 amide bonds. The van der Waals surface area contributed by atoms with E-state index in [-0.39, 0.29) is 11.8 Å². The number of nitrogens with two attached hydrogens (primary N) is 1. The van der Waals surface area contributed by atoms with Gasteiger partial charge in [-0.1, -0.05) is 37.3 Å². The van der Waals surface area contributed by atoms with Gasteiger partial charge in [0.05, 0.1) is 11.3 Å². The van der Waals surface area contributed by atoms with Crippen molar-refractivity contribution < 1.29 is 9.59 Å². The third kappa shape index (κ3) is 4.00. The van der Waals surface area contributed by atoms with E-state index in [4.69, 9.17) is 5.73 Å². The highest BCUT2D eigenvalue weighted by molar-refractivity contribution is 6.37. The van der Waals surface area contributed by atoms with Crippen molar-refractivity contribution in [3.63, 3.8) is 0 Å². The van der Waals surface area contributed by atoms with Gasteiger partial charge in [0.2, 0.25) is 5.91 Å². The zero-order chi connectivity index (χ0) is 22.0. The van der Waals surface area contributed by atoms with Crippen LogP contribution in [0.2, 0.25) is 0 Å². The second kappa shape index (κ2) is 8.36. The largest absolute Gasteiger partial charge is 0.399 e. The predicted octanol–water partition coefficient (Wildman–Crippen LogP) is 4.57. The first kappa shape index (κ1) is 20.2. The molecule has 3 aromatic rings. The van der Waals surface area contributed by atoms with Crippen molar-refractivity contribution in [3.05, 3.63) is 83.9 Å². The maximum Gasteiger partial charge on any atom is 0.258 e. The van der Waals surface area contributed by atoms with Gasteiger partial charge in [-0.15, -0.1) is 0 Å². The first-order valence-corrected chi connectivity index (χ1v) is 10.1. The van der Waals surface area contributed by atoms with E-state index in [9.17, 15) is 9.59 Å². The molecule has 4 rings (SSSR count). The molecule has 4 N–H and O–H groups in total. The van der Waals surface area contributed by atoms with E-state index < -0.39 is 0 Å². The monoisotopic (exact) mass is 412 g/mol. The standard InChI is InChI=1S/C25H24N4O2/c1-3-22(30)29(2)19-12-10-18(11-13-19)27-24(16-7-5-4-6-8-16)23-20-15-17(26)9-14-21(20)28-25(23)31/h4-15,27H,3,26H2,1-2H3,(H,28,31)/b24-23-. The van der Waals surface area contributed by atoms with Crippen molar-refractivity contribution in [2.75, 3.05) is 28.3 Å². The normalized spacial score (nSPS) is 13.9. The molecule has 0 radical (unpaired) electrons. The molecule has 0 unspecified atom stereocenters. The first-order chi connectivity index (χ1) is 15.0. The molecule has 0 aromatic heterocycles. The third-order valence-electron chi connectivity index (χ3n) is 5.30. The molecule has 0 aliphatic carbocycles. The van der Waals surface area contributed by atoms with Crippen molar-refractivity contribution in [3.8, 4) is 0 Å². The molecule has 31 heavy (non-hydrogen) atoms. The van der Waals surface area contributed by atoms with E-state index in [1.807, 2.05) is 73.7 Å². The summed E-state index contributed by atoms with van der Waals surface area (Å²) in [6.07, 6.45) is 0.443. The first-order valence-electron chi connectivity index (χ1n) is 10.1. The summed E-state index contributed by atoms with van der Waals surface area (Å²) < 4.78 is 0. The maximum absolute atomic E-state index is 12.9. The van der Waals surface area contributed by atoms with Crippen molar-refractivity contribution in [2.24, 2.45) is 0 Å². The van der Waals surface area contributed by atoms with E-state index >= 15 is 0 Å². The SMILES string of the molecule is CCC(=O)N(C)c1ccc(N/C(=C2\C(=O)Nc3ccc(N)cc32)c2ccccc2)cc1. The number of carbonyl (C=O) groups excluding carboxylic acids is 2. The van der Waals surface area contributed by atoms with Crippen LogP contribution in [0.15, 0.2) is 72.8 Å². The van der Waals surface area contributed by atoms with Crippen molar-refractivity contribution >= 4 is 45.8 Å². The second-order valence-electron chi connectivity index (χ2n) is 7.35. The van der Waals surface area contributed by atoms with Crippen LogP contribution in [0.3, 0.4) is 0 Å². The Morgan fingerprint density at radius 1 is 1.03 bits per heavy atom. The van der Waals surface area contributed by atoms with Gasteiger partial charge in [-0.05, 0) is 48.0 Å². The lowest BCUT2D eigenvalue weighted by molar-refractivity contribution is -0.118. The van der Waals surface area contributed by atoms with E-state index in [1.165, 1.54) is 0 Å². The number of amides is 2. The Labute approximate surface area is 181 Å². The van der Waals surface area contributed by atoms with Crippen molar-refractivity contribution in [2.45, 2.75) is 13.3 Å². The van der Waals surface area contributed by atoms with Crippen LogP contribution in [-0.2, 0) is 9.59 Å². The van der Waals surface area contributed by atoms with Crippen LogP contribution in [0, 0.1) is 0 Å². The summed E-state index contributed by atoms with van der Waals surface area (Å²) in [4.78, 5) is 26.5.